The molecule has 0 N–H and O–H groups in total. The van der Waals surface area contributed by atoms with E-state index in [1.54, 1.807) is 4.90 Å². The fourth-order valence-corrected chi connectivity index (χ4v) is 2.32. The molecule has 1 amide bonds. The molecule has 1 fully saturated rings. The Morgan fingerprint density at radius 1 is 1.33 bits per heavy atom. The number of carbonyl (C=O) groups excluding carboxylic acids is 1. The summed E-state index contributed by atoms with van der Waals surface area (Å²) in [6, 6.07) is 4.65. The van der Waals surface area contributed by atoms with E-state index >= 15 is 0 Å². The molecule has 2 rings (SSSR count). The molecule has 21 heavy (non-hydrogen) atoms. The SMILES string of the molecule is O=C(Cc1ccc(C(F)(F)F)cc1)N1CCOC(CCl)C1. The zero-order valence-electron chi connectivity index (χ0n) is 11.2. The molecule has 0 saturated carbocycles. The number of ether oxygens (including phenoxy) is 1. The van der Waals surface area contributed by atoms with E-state index < -0.39 is 11.7 Å². The van der Waals surface area contributed by atoms with E-state index in [1.165, 1.54) is 12.1 Å². The molecule has 1 aromatic rings. The van der Waals surface area contributed by atoms with Crippen LogP contribution in [-0.4, -0.2) is 42.5 Å². The molecule has 1 aliphatic rings. The van der Waals surface area contributed by atoms with Crippen LogP contribution in [0.15, 0.2) is 24.3 Å². The molecule has 1 aliphatic heterocycles. The van der Waals surface area contributed by atoms with Gasteiger partial charge in [-0.25, -0.2) is 0 Å². The maximum Gasteiger partial charge on any atom is 0.416 e. The number of rotatable bonds is 3. The number of hydrogen-bond acceptors (Lipinski definition) is 2. The normalized spacial score (nSPS) is 19.6. The first-order chi connectivity index (χ1) is 9.90. The summed E-state index contributed by atoms with van der Waals surface area (Å²) in [6.07, 6.45) is -4.47. The zero-order chi connectivity index (χ0) is 15.5. The largest absolute Gasteiger partial charge is 0.416 e. The molecule has 1 aromatic carbocycles. The number of benzene rings is 1. The molecule has 0 aliphatic carbocycles. The lowest BCUT2D eigenvalue weighted by molar-refractivity contribution is -0.137. The summed E-state index contributed by atoms with van der Waals surface area (Å²) in [6.45, 7) is 1.33. The highest BCUT2D eigenvalue weighted by Gasteiger charge is 2.30. The molecule has 0 radical (unpaired) electrons. The van der Waals surface area contributed by atoms with Crippen LogP contribution >= 0.6 is 11.6 Å². The maximum atomic E-state index is 12.5. The van der Waals surface area contributed by atoms with Gasteiger partial charge >= 0.3 is 6.18 Å². The van der Waals surface area contributed by atoms with E-state index in [0.717, 1.165) is 12.1 Å². The Morgan fingerprint density at radius 3 is 2.57 bits per heavy atom. The van der Waals surface area contributed by atoms with Gasteiger partial charge in [0, 0.05) is 13.1 Å². The quantitative estimate of drug-likeness (QED) is 0.801. The Hall–Kier alpha value is -1.27. The Morgan fingerprint density at radius 2 is 2.00 bits per heavy atom. The van der Waals surface area contributed by atoms with Crippen molar-refractivity contribution in [3.8, 4) is 0 Å². The zero-order valence-corrected chi connectivity index (χ0v) is 12.0. The summed E-state index contributed by atoms with van der Waals surface area (Å²) >= 11 is 5.70. The second-order valence-corrected chi connectivity index (χ2v) is 5.17. The summed E-state index contributed by atoms with van der Waals surface area (Å²) in [5, 5.41) is 0. The molecular weight excluding hydrogens is 307 g/mol. The standard InChI is InChI=1S/C14H15ClF3NO2/c15-8-12-9-19(5-6-21-12)13(20)7-10-1-3-11(4-2-10)14(16,17)18/h1-4,12H,5-9H2. The van der Waals surface area contributed by atoms with Crippen LogP contribution in [0.2, 0.25) is 0 Å². The average Bonchev–Trinajstić information content (AvgIpc) is 2.47. The van der Waals surface area contributed by atoms with Crippen LogP contribution in [0.1, 0.15) is 11.1 Å². The fraction of sp³-hybridized carbons (Fsp3) is 0.500. The molecular formula is C14H15ClF3NO2. The number of amides is 1. The van der Waals surface area contributed by atoms with E-state index in [2.05, 4.69) is 0 Å². The van der Waals surface area contributed by atoms with Gasteiger partial charge in [0.15, 0.2) is 0 Å². The topological polar surface area (TPSA) is 29.5 Å². The summed E-state index contributed by atoms with van der Waals surface area (Å²) < 4.78 is 42.7. The Labute approximate surface area is 125 Å². The van der Waals surface area contributed by atoms with Crippen LogP contribution in [0.4, 0.5) is 13.2 Å². The lowest BCUT2D eigenvalue weighted by Gasteiger charge is -2.32. The Kier molecular flexibility index (Phi) is 5.11. The first-order valence-electron chi connectivity index (χ1n) is 6.51. The van der Waals surface area contributed by atoms with Gasteiger partial charge in [0.25, 0.3) is 0 Å². The molecule has 1 saturated heterocycles. The molecule has 3 nitrogen and oxygen atoms in total. The number of carbonyl (C=O) groups is 1. The highest BCUT2D eigenvalue weighted by Crippen LogP contribution is 2.29. The van der Waals surface area contributed by atoms with Crippen LogP contribution in [0.25, 0.3) is 0 Å². The van der Waals surface area contributed by atoms with E-state index in [0.29, 0.717) is 31.1 Å². The number of alkyl halides is 4. The van der Waals surface area contributed by atoms with Gasteiger partial charge in [0.2, 0.25) is 5.91 Å². The minimum Gasteiger partial charge on any atom is -0.373 e. The van der Waals surface area contributed by atoms with Crippen molar-refractivity contribution < 1.29 is 22.7 Å². The highest BCUT2D eigenvalue weighted by molar-refractivity contribution is 6.18. The molecule has 0 aromatic heterocycles. The summed E-state index contributed by atoms with van der Waals surface area (Å²) in [5.41, 5.74) is -0.158. The van der Waals surface area contributed by atoms with Crippen molar-refractivity contribution >= 4 is 17.5 Å². The minimum absolute atomic E-state index is 0.0765. The minimum atomic E-state index is -4.36. The Balaban J connectivity index is 1.96. The summed E-state index contributed by atoms with van der Waals surface area (Å²) in [4.78, 5) is 13.7. The summed E-state index contributed by atoms with van der Waals surface area (Å²) in [5.74, 6) is 0.178. The van der Waals surface area contributed by atoms with E-state index in [9.17, 15) is 18.0 Å². The molecule has 0 bridgehead atoms. The van der Waals surface area contributed by atoms with Crippen molar-refractivity contribution in [2.45, 2.75) is 18.7 Å². The lowest BCUT2D eigenvalue weighted by Crippen LogP contribution is -2.46. The van der Waals surface area contributed by atoms with Gasteiger partial charge < -0.3 is 9.64 Å². The smallest absolute Gasteiger partial charge is 0.373 e. The van der Waals surface area contributed by atoms with Crippen LogP contribution in [0.5, 0.6) is 0 Å². The van der Waals surface area contributed by atoms with Crippen molar-refractivity contribution in [3.05, 3.63) is 35.4 Å². The van der Waals surface area contributed by atoms with Crippen molar-refractivity contribution in [3.63, 3.8) is 0 Å². The van der Waals surface area contributed by atoms with E-state index in [1.807, 2.05) is 0 Å². The van der Waals surface area contributed by atoms with Crippen molar-refractivity contribution in [1.29, 1.82) is 0 Å². The third-order valence-corrected chi connectivity index (χ3v) is 3.64. The van der Waals surface area contributed by atoms with Gasteiger partial charge in [-0.2, -0.15) is 13.2 Å². The number of hydrogen-bond donors (Lipinski definition) is 0. The second kappa shape index (κ2) is 6.66. The van der Waals surface area contributed by atoms with Gasteiger partial charge in [-0.05, 0) is 17.7 Å². The number of halogens is 4. The summed E-state index contributed by atoms with van der Waals surface area (Å²) in [7, 11) is 0. The molecule has 116 valence electrons. The van der Waals surface area contributed by atoms with Crippen LogP contribution in [0.3, 0.4) is 0 Å². The second-order valence-electron chi connectivity index (χ2n) is 4.86. The fourth-order valence-electron chi connectivity index (χ4n) is 2.14. The van der Waals surface area contributed by atoms with Gasteiger partial charge in [0.1, 0.15) is 0 Å². The first-order valence-corrected chi connectivity index (χ1v) is 7.05. The third-order valence-electron chi connectivity index (χ3n) is 3.30. The first kappa shape index (κ1) is 16.1. The van der Waals surface area contributed by atoms with E-state index in [-0.39, 0.29) is 18.4 Å². The average molecular weight is 322 g/mol. The van der Waals surface area contributed by atoms with Crippen molar-refractivity contribution in [1.82, 2.24) is 4.90 Å². The predicted molar refractivity (Wildman–Crippen MR) is 72.2 cm³/mol. The molecule has 1 atom stereocenters. The van der Waals surface area contributed by atoms with Crippen LogP contribution in [0, 0.1) is 0 Å². The van der Waals surface area contributed by atoms with Crippen molar-refractivity contribution in [2.24, 2.45) is 0 Å². The van der Waals surface area contributed by atoms with Crippen molar-refractivity contribution in [2.75, 3.05) is 25.6 Å². The Bertz CT molecular complexity index is 490. The number of nitrogens with zero attached hydrogens (tertiary/aromatic N) is 1. The van der Waals surface area contributed by atoms with Gasteiger partial charge in [-0.15, -0.1) is 11.6 Å². The van der Waals surface area contributed by atoms with Gasteiger partial charge in [-0.1, -0.05) is 12.1 Å². The molecule has 7 heteroatoms. The monoisotopic (exact) mass is 321 g/mol. The highest BCUT2D eigenvalue weighted by atomic mass is 35.5. The molecule has 1 unspecified atom stereocenters. The van der Waals surface area contributed by atoms with Crippen LogP contribution < -0.4 is 0 Å². The van der Waals surface area contributed by atoms with Gasteiger partial charge in [0.05, 0.1) is 30.6 Å². The molecule has 0 spiro atoms. The lowest BCUT2D eigenvalue weighted by atomic mass is 10.1. The van der Waals surface area contributed by atoms with E-state index in [4.69, 9.17) is 16.3 Å². The number of morpholine rings is 1. The van der Waals surface area contributed by atoms with Gasteiger partial charge in [-0.3, -0.25) is 4.79 Å². The molecule has 1 heterocycles. The maximum absolute atomic E-state index is 12.5. The predicted octanol–water partition coefficient (Wildman–Crippen LogP) is 2.71. The third kappa shape index (κ3) is 4.35. The van der Waals surface area contributed by atoms with Crippen LogP contribution in [-0.2, 0) is 22.1 Å².